The molecule has 1 unspecified atom stereocenters. The second kappa shape index (κ2) is 6.31. The maximum atomic E-state index is 12.3. The van der Waals surface area contributed by atoms with E-state index in [2.05, 4.69) is 26.1 Å². The average molecular weight is 269 g/mol. The molecule has 110 valence electrons. The highest BCUT2D eigenvalue weighted by molar-refractivity contribution is 5.93. The van der Waals surface area contributed by atoms with E-state index in [0.29, 0.717) is 6.42 Å². The Morgan fingerprint density at radius 2 is 1.47 bits per heavy atom. The highest BCUT2D eigenvalue weighted by Crippen LogP contribution is 2.33. The fourth-order valence-corrected chi connectivity index (χ4v) is 2.34. The van der Waals surface area contributed by atoms with Crippen LogP contribution in [-0.2, 0) is 14.4 Å². The van der Waals surface area contributed by atoms with E-state index in [4.69, 9.17) is 0 Å². The van der Waals surface area contributed by atoms with Gasteiger partial charge < -0.3 is 5.32 Å². The molecular formula is C15H27NO3. The van der Waals surface area contributed by atoms with E-state index in [0.717, 1.165) is 0 Å². The number of ketones is 2. The molecule has 0 aliphatic carbocycles. The van der Waals surface area contributed by atoms with E-state index in [1.165, 1.54) is 13.8 Å². The van der Waals surface area contributed by atoms with E-state index in [1.54, 1.807) is 0 Å². The largest absolute Gasteiger partial charge is 0.345 e. The molecule has 0 heterocycles. The summed E-state index contributed by atoms with van der Waals surface area (Å²) in [5.41, 5.74) is -0.546. The molecule has 0 aromatic heterocycles. The van der Waals surface area contributed by atoms with Crippen molar-refractivity contribution in [1.29, 1.82) is 0 Å². The quantitative estimate of drug-likeness (QED) is 0.805. The number of amides is 1. The first-order chi connectivity index (χ1) is 8.35. The number of hydrogen-bond donors (Lipinski definition) is 1. The minimum atomic E-state index is -0.704. The van der Waals surface area contributed by atoms with Crippen molar-refractivity contribution in [2.45, 2.75) is 67.3 Å². The van der Waals surface area contributed by atoms with Crippen LogP contribution in [-0.4, -0.2) is 23.5 Å². The second-order valence-electron chi connectivity index (χ2n) is 7.16. The van der Waals surface area contributed by atoms with Crippen LogP contribution in [0.2, 0.25) is 0 Å². The van der Waals surface area contributed by atoms with Gasteiger partial charge in [-0.05, 0) is 25.7 Å². The highest BCUT2D eigenvalue weighted by atomic mass is 16.2. The number of carbonyl (C=O) groups is 3. The van der Waals surface area contributed by atoms with Crippen LogP contribution in [0, 0.1) is 10.8 Å². The van der Waals surface area contributed by atoms with Crippen LogP contribution in [0.4, 0.5) is 0 Å². The first kappa shape index (κ1) is 17.8. The average Bonchev–Trinajstić information content (AvgIpc) is 2.11. The second-order valence-corrected chi connectivity index (χ2v) is 7.16. The summed E-state index contributed by atoms with van der Waals surface area (Å²) in [6, 6.07) is -0.704. The standard InChI is InChI=1S/C15H27NO3/c1-10(17)8-12(11(2)18)16-13(19)15(6,7)9-14(3,4)5/h12H,8-9H2,1-7H3,(H,16,19). The third-order valence-corrected chi connectivity index (χ3v) is 2.87. The van der Waals surface area contributed by atoms with Gasteiger partial charge in [-0.25, -0.2) is 0 Å². The topological polar surface area (TPSA) is 63.2 Å². The number of carbonyl (C=O) groups excluding carboxylic acids is 3. The molecule has 0 saturated carbocycles. The summed E-state index contributed by atoms with van der Waals surface area (Å²) in [7, 11) is 0. The van der Waals surface area contributed by atoms with Gasteiger partial charge in [0.05, 0.1) is 6.04 Å². The van der Waals surface area contributed by atoms with Gasteiger partial charge >= 0.3 is 0 Å². The van der Waals surface area contributed by atoms with E-state index < -0.39 is 11.5 Å². The molecule has 0 radical (unpaired) electrons. The zero-order chi connectivity index (χ0) is 15.4. The van der Waals surface area contributed by atoms with Crippen LogP contribution in [0.3, 0.4) is 0 Å². The first-order valence-electron chi connectivity index (χ1n) is 6.66. The van der Waals surface area contributed by atoms with Gasteiger partial charge in [0, 0.05) is 11.8 Å². The van der Waals surface area contributed by atoms with Crippen molar-refractivity contribution in [2.24, 2.45) is 10.8 Å². The Morgan fingerprint density at radius 3 is 1.79 bits per heavy atom. The lowest BCUT2D eigenvalue weighted by Gasteiger charge is -2.32. The van der Waals surface area contributed by atoms with Crippen LogP contribution >= 0.6 is 0 Å². The first-order valence-corrected chi connectivity index (χ1v) is 6.66. The van der Waals surface area contributed by atoms with Gasteiger partial charge in [0.15, 0.2) is 5.78 Å². The van der Waals surface area contributed by atoms with Gasteiger partial charge in [0.25, 0.3) is 0 Å². The van der Waals surface area contributed by atoms with E-state index in [-0.39, 0.29) is 29.3 Å². The summed E-state index contributed by atoms with van der Waals surface area (Å²) in [4.78, 5) is 34.8. The van der Waals surface area contributed by atoms with E-state index in [9.17, 15) is 14.4 Å². The van der Waals surface area contributed by atoms with E-state index in [1.807, 2.05) is 13.8 Å². The predicted octanol–water partition coefficient (Wildman–Crippen LogP) is 2.50. The fraction of sp³-hybridized carbons (Fsp3) is 0.800. The van der Waals surface area contributed by atoms with Crippen molar-refractivity contribution in [3.8, 4) is 0 Å². The molecule has 4 heteroatoms. The highest BCUT2D eigenvalue weighted by Gasteiger charge is 2.34. The Kier molecular flexibility index (Phi) is 5.91. The van der Waals surface area contributed by atoms with Crippen molar-refractivity contribution >= 4 is 17.5 Å². The lowest BCUT2D eigenvalue weighted by molar-refractivity contribution is -0.135. The Balaban J connectivity index is 4.81. The Hall–Kier alpha value is -1.19. The Labute approximate surface area is 116 Å². The third-order valence-electron chi connectivity index (χ3n) is 2.87. The molecule has 1 amide bonds. The molecule has 0 saturated heterocycles. The molecule has 0 aliphatic heterocycles. The van der Waals surface area contributed by atoms with Crippen LogP contribution in [0.1, 0.15) is 61.3 Å². The summed E-state index contributed by atoms with van der Waals surface area (Å²) in [5.74, 6) is -0.465. The molecule has 0 bridgehead atoms. The van der Waals surface area contributed by atoms with Gasteiger partial charge in [-0.1, -0.05) is 34.6 Å². The van der Waals surface area contributed by atoms with Crippen molar-refractivity contribution in [3.63, 3.8) is 0 Å². The predicted molar refractivity (Wildman–Crippen MR) is 75.8 cm³/mol. The van der Waals surface area contributed by atoms with Crippen molar-refractivity contribution in [1.82, 2.24) is 5.32 Å². The monoisotopic (exact) mass is 269 g/mol. The molecule has 4 nitrogen and oxygen atoms in total. The molecule has 0 aliphatic rings. The molecule has 0 fully saturated rings. The van der Waals surface area contributed by atoms with Crippen LogP contribution in [0.15, 0.2) is 0 Å². The summed E-state index contributed by atoms with van der Waals surface area (Å²) in [5, 5.41) is 2.70. The lowest BCUT2D eigenvalue weighted by Crippen LogP contribution is -2.47. The SMILES string of the molecule is CC(=O)CC(NC(=O)C(C)(C)CC(C)(C)C)C(C)=O. The normalized spacial score (nSPS) is 13.8. The van der Waals surface area contributed by atoms with Crippen LogP contribution in [0.25, 0.3) is 0 Å². The summed E-state index contributed by atoms with van der Waals surface area (Å²) in [6.45, 7) is 12.7. The maximum Gasteiger partial charge on any atom is 0.226 e. The van der Waals surface area contributed by atoms with Gasteiger partial charge in [-0.3, -0.25) is 14.4 Å². The Bertz CT molecular complexity index is 364. The zero-order valence-electron chi connectivity index (χ0n) is 13.2. The minimum absolute atomic E-state index is 0.0210. The van der Waals surface area contributed by atoms with E-state index >= 15 is 0 Å². The van der Waals surface area contributed by atoms with Gasteiger partial charge in [0.2, 0.25) is 5.91 Å². The molecule has 1 atom stereocenters. The minimum Gasteiger partial charge on any atom is -0.345 e. The number of nitrogens with one attached hydrogen (secondary N) is 1. The summed E-state index contributed by atoms with van der Waals surface area (Å²) in [6.07, 6.45) is 0.767. The smallest absolute Gasteiger partial charge is 0.226 e. The number of rotatable bonds is 6. The van der Waals surface area contributed by atoms with Gasteiger partial charge in [0.1, 0.15) is 5.78 Å². The summed E-state index contributed by atoms with van der Waals surface area (Å²) < 4.78 is 0. The van der Waals surface area contributed by atoms with Crippen molar-refractivity contribution < 1.29 is 14.4 Å². The summed E-state index contributed by atoms with van der Waals surface area (Å²) >= 11 is 0. The fourth-order valence-electron chi connectivity index (χ4n) is 2.34. The van der Waals surface area contributed by atoms with Gasteiger partial charge in [-0.15, -0.1) is 0 Å². The zero-order valence-corrected chi connectivity index (χ0v) is 13.2. The lowest BCUT2D eigenvalue weighted by atomic mass is 9.75. The van der Waals surface area contributed by atoms with Crippen LogP contribution < -0.4 is 5.32 Å². The number of hydrogen-bond acceptors (Lipinski definition) is 3. The van der Waals surface area contributed by atoms with Crippen molar-refractivity contribution in [3.05, 3.63) is 0 Å². The van der Waals surface area contributed by atoms with Gasteiger partial charge in [-0.2, -0.15) is 0 Å². The number of Topliss-reactive ketones (excluding diaryl/α,β-unsaturated/α-hetero) is 2. The van der Waals surface area contributed by atoms with Crippen LogP contribution in [0.5, 0.6) is 0 Å². The molecular weight excluding hydrogens is 242 g/mol. The molecule has 19 heavy (non-hydrogen) atoms. The maximum absolute atomic E-state index is 12.3. The van der Waals surface area contributed by atoms with Crippen molar-refractivity contribution in [2.75, 3.05) is 0 Å². The Morgan fingerprint density at radius 1 is 1.00 bits per heavy atom. The molecule has 0 aromatic rings. The molecule has 0 rings (SSSR count). The third kappa shape index (κ3) is 7.09. The molecule has 0 aromatic carbocycles. The molecule has 1 N–H and O–H groups in total. The molecule has 0 spiro atoms.